The standard InChI is InChI=1S/C17H13F3N4/c1-11-15-13(17(18,19)20)10-14(12-6-3-2-4-7-12)22-16(15)24(23-11)9-5-8-21/h2-4,6-7,10H,5,9H2,1H3. The Morgan fingerprint density at radius 3 is 2.54 bits per heavy atom. The summed E-state index contributed by atoms with van der Waals surface area (Å²) in [4.78, 5) is 4.38. The van der Waals surface area contributed by atoms with Gasteiger partial charge in [0.25, 0.3) is 0 Å². The van der Waals surface area contributed by atoms with E-state index in [4.69, 9.17) is 5.26 Å². The second-order valence-electron chi connectivity index (χ2n) is 5.33. The summed E-state index contributed by atoms with van der Waals surface area (Å²) in [6.07, 6.45) is -4.37. The van der Waals surface area contributed by atoms with E-state index < -0.39 is 11.7 Å². The summed E-state index contributed by atoms with van der Waals surface area (Å²) in [5.74, 6) is 0. The quantitative estimate of drug-likeness (QED) is 0.718. The van der Waals surface area contributed by atoms with Crippen molar-refractivity contribution in [1.82, 2.24) is 14.8 Å². The van der Waals surface area contributed by atoms with Crippen LogP contribution in [-0.4, -0.2) is 14.8 Å². The fourth-order valence-corrected chi connectivity index (χ4v) is 2.65. The van der Waals surface area contributed by atoms with Crippen LogP contribution < -0.4 is 0 Å². The van der Waals surface area contributed by atoms with Crippen LogP contribution in [0.5, 0.6) is 0 Å². The smallest absolute Gasteiger partial charge is 0.246 e. The van der Waals surface area contributed by atoms with Crippen LogP contribution in [0.25, 0.3) is 22.3 Å². The Labute approximate surface area is 136 Å². The monoisotopic (exact) mass is 330 g/mol. The number of rotatable bonds is 3. The molecule has 0 bridgehead atoms. The molecule has 0 unspecified atom stereocenters. The molecule has 0 saturated carbocycles. The molecule has 0 atom stereocenters. The van der Waals surface area contributed by atoms with Crippen molar-refractivity contribution in [2.75, 3.05) is 0 Å². The number of fused-ring (bicyclic) bond motifs is 1. The van der Waals surface area contributed by atoms with Crippen LogP contribution in [-0.2, 0) is 12.7 Å². The van der Waals surface area contributed by atoms with Crippen LogP contribution in [0.1, 0.15) is 17.7 Å². The lowest BCUT2D eigenvalue weighted by atomic mass is 10.1. The average Bonchev–Trinajstić information content (AvgIpc) is 2.88. The molecule has 0 amide bonds. The van der Waals surface area contributed by atoms with Crippen LogP contribution >= 0.6 is 0 Å². The molecule has 2 heterocycles. The summed E-state index contributed by atoms with van der Waals surface area (Å²) >= 11 is 0. The van der Waals surface area contributed by atoms with Crippen molar-refractivity contribution in [1.29, 1.82) is 5.26 Å². The van der Waals surface area contributed by atoms with Gasteiger partial charge in [0, 0.05) is 5.56 Å². The maximum Gasteiger partial charge on any atom is 0.417 e. The Hall–Kier alpha value is -2.88. The molecule has 3 rings (SSSR count). The molecule has 7 heteroatoms. The molecular formula is C17H13F3N4. The highest BCUT2D eigenvalue weighted by atomic mass is 19.4. The molecule has 0 spiro atoms. The first kappa shape index (κ1) is 16.0. The van der Waals surface area contributed by atoms with Crippen molar-refractivity contribution < 1.29 is 13.2 Å². The molecular weight excluding hydrogens is 317 g/mol. The van der Waals surface area contributed by atoms with E-state index in [0.717, 1.165) is 6.07 Å². The van der Waals surface area contributed by atoms with Crippen molar-refractivity contribution in [2.45, 2.75) is 26.1 Å². The average molecular weight is 330 g/mol. The molecule has 0 aliphatic heterocycles. The Morgan fingerprint density at radius 2 is 1.92 bits per heavy atom. The largest absolute Gasteiger partial charge is 0.417 e. The summed E-state index contributed by atoms with van der Waals surface area (Å²) in [5, 5.41) is 12.9. The van der Waals surface area contributed by atoms with Crippen molar-refractivity contribution in [3.63, 3.8) is 0 Å². The van der Waals surface area contributed by atoms with Crippen molar-refractivity contribution >= 4 is 11.0 Å². The Kier molecular flexibility index (Phi) is 3.97. The summed E-state index contributed by atoms with van der Waals surface area (Å²) in [6.45, 7) is 1.72. The molecule has 0 aliphatic rings. The number of aromatic nitrogens is 3. The molecule has 0 fully saturated rings. The third-order valence-corrected chi connectivity index (χ3v) is 3.69. The SMILES string of the molecule is Cc1nn(CCC#N)c2nc(-c3ccccc3)cc(C(F)(F)F)c12. The minimum absolute atomic E-state index is 0.0138. The first-order valence-corrected chi connectivity index (χ1v) is 7.29. The van der Waals surface area contributed by atoms with Crippen LogP contribution in [0.15, 0.2) is 36.4 Å². The molecule has 0 radical (unpaired) electrons. The van der Waals surface area contributed by atoms with E-state index in [0.29, 0.717) is 5.56 Å². The number of alkyl halides is 3. The lowest BCUT2D eigenvalue weighted by Crippen LogP contribution is -2.08. The van der Waals surface area contributed by atoms with E-state index in [-0.39, 0.29) is 35.4 Å². The van der Waals surface area contributed by atoms with E-state index in [1.54, 1.807) is 30.3 Å². The van der Waals surface area contributed by atoms with Gasteiger partial charge in [-0.1, -0.05) is 30.3 Å². The van der Waals surface area contributed by atoms with Crippen LogP contribution in [0, 0.1) is 18.3 Å². The summed E-state index contributed by atoms with van der Waals surface area (Å²) in [7, 11) is 0. The Balaban J connectivity index is 2.31. The highest BCUT2D eigenvalue weighted by molar-refractivity contribution is 5.85. The Morgan fingerprint density at radius 1 is 1.21 bits per heavy atom. The van der Waals surface area contributed by atoms with E-state index >= 15 is 0 Å². The summed E-state index contributed by atoms with van der Waals surface area (Å²) in [6, 6.07) is 11.7. The van der Waals surface area contributed by atoms with E-state index in [1.165, 1.54) is 11.6 Å². The van der Waals surface area contributed by atoms with Crippen molar-refractivity contribution in [3.05, 3.63) is 47.7 Å². The predicted molar refractivity (Wildman–Crippen MR) is 82.9 cm³/mol. The first-order valence-electron chi connectivity index (χ1n) is 7.29. The van der Waals surface area contributed by atoms with Gasteiger partial charge in [-0.3, -0.25) is 0 Å². The third-order valence-electron chi connectivity index (χ3n) is 3.69. The number of nitriles is 1. The number of hydrogen-bond donors (Lipinski definition) is 0. The molecule has 0 aliphatic carbocycles. The van der Waals surface area contributed by atoms with E-state index in [2.05, 4.69) is 10.1 Å². The molecule has 122 valence electrons. The molecule has 3 aromatic rings. The number of benzene rings is 1. The zero-order valence-electron chi connectivity index (χ0n) is 12.8. The minimum Gasteiger partial charge on any atom is -0.246 e. The van der Waals surface area contributed by atoms with Crippen LogP contribution in [0.4, 0.5) is 13.2 Å². The number of hydrogen-bond acceptors (Lipinski definition) is 3. The lowest BCUT2D eigenvalue weighted by Gasteiger charge is -2.11. The summed E-state index contributed by atoms with van der Waals surface area (Å²) < 4.78 is 42.0. The van der Waals surface area contributed by atoms with Gasteiger partial charge in [-0.15, -0.1) is 0 Å². The van der Waals surface area contributed by atoms with Gasteiger partial charge < -0.3 is 0 Å². The van der Waals surface area contributed by atoms with E-state index in [1.807, 2.05) is 6.07 Å². The minimum atomic E-state index is -4.52. The van der Waals surface area contributed by atoms with Gasteiger partial charge in [0.1, 0.15) is 0 Å². The predicted octanol–water partition coefficient (Wildman–Crippen LogP) is 4.34. The fourth-order valence-electron chi connectivity index (χ4n) is 2.65. The highest BCUT2D eigenvalue weighted by Gasteiger charge is 2.35. The normalized spacial score (nSPS) is 11.6. The van der Waals surface area contributed by atoms with Gasteiger partial charge in [0.05, 0.1) is 41.4 Å². The maximum atomic E-state index is 13.5. The van der Waals surface area contributed by atoms with Gasteiger partial charge in [0.2, 0.25) is 0 Å². The lowest BCUT2D eigenvalue weighted by molar-refractivity contribution is -0.136. The highest BCUT2D eigenvalue weighted by Crippen LogP contribution is 2.38. The fraction of sp³-hybridized carbons (Fsp3) is 0.235. The van der Waals surface area contributed by atoms with Crippen LogP contribution in [0.2, 0.25) is 0 Å². The van der Waals surface area contributed by atoms with Crippen molar-refractivity contribution in [3.8, 4) is 17.3 Å². The third kappa shape index (κ3) is 2.83. The Bertz CT molecular complexity index is 921. The van der Waals surface area contributed by atoms with Gasteiger partial charge >= 0.3 is 6.18 Å². The van der Waals surface area contributed by atoms with E-state index in [9.17, 15) is 13.2 Å². The maximum absolute atomic E-state index is 13.5. The molecule has 24 heavy (non-hydrogen) atoms. The molecule has 2 aromatic heterocycles. The zero-order chi connectivity index (χ0) is 17.3. The molecule has 0 saturated heterocycles. The number of aryl methyl sites for hydroxylation is 2. The van der Waals surface area contributed by atoms with Gasteiger partial charge in [-0.2, -0.15) is 23.5 Å². The second-order valence-corrected chi connectivity index (χ2v) is 5.33. The van der Waals surface area contributed by atoms with Gasteiger partial charge in [-0.25, -0.2) is 9.67 Å². The number of nitrogens with zero attached hydrogens (tertiary/aromatic N) is 4. The molecule has 1 aromatic carbocycles. The molecule has 4 nitrogen and oxygen atoms in total. The second kappa shape index (κ2) is 5.96. The van der Waals surface area contributed by atoms with Crippen LogP contribution in [0.3, 0.4) is 0 Å². The molecule has 0 N–H and O–H groups in total. The number of halogens is 3. The summed E-state index contributed by atoms with van der Waals surface area (Å²) in [5.41, 5.74) is 0.468. The van der Waals surface area contributed by atoms with Gasteiger partial charge in [-0.05, 0) is 13.0 Å². The topological polar surface area (TPSA) is 54.5 Å². The van der Waals surface area contributed by atoms with Gasteiger partial charge in [0.15, 0.2) is 5.65 Å². The van der Waals surface area contributed by atoms with Crippen molar-refractivity contribution in [2.24, 2.45) is 0 Å². The first-order chi connectivity index (χ1) is 11.4. The zero-order valence-corrected chi connectivity index (χ0v) is 12.8. The number of pyridine rings is 1.